The Bertz CT molecular complexity index is 1140. The average molecular weight is 547 g/mol. The van der Waals surface area contributed by atoms with E-state index in [-0.39, 0.29) is 11.3 Å². The summed E-state index contributed by atoms with van der Waals surface area (Å²) in [6.45, 7) is 12.3. The van der Waals surface area contributed by atoms with Crippen LogP contribution in [-0.2, 0) is 20.9 Å². The summed E-state index contributed by atoms with van der Waals surface area (Å²) in [6.07, 6.45) is 4.17. The Balaban J connectivity index is 1.77. The van der Waals surface area contributed by atoms with Gasteiger partial charge in [-0.25, -0.2) is 14.5 Å². The highest BCUT2D eigenvalue weighted by atomic mass is 35.5. The van der Waals surface area contributed by atoms with E-state index in [1.807, 2.05) is 32.9 Å². The van der Waals surface area contributed by atoms with Crippen LogP contribution in [0, 0.1) is 5.41 Å². The average Bonchev–Trinajstić information content (AvgIpc) is 3.47. The minimum Gasteiger partial charge on any atom is -0.444 e. The number of nitrogens with one attached hydrogen (secondary N) is 1. The lowest BCUT2D eigenvalue weighted by atomic mass is 9.87. The number of halogens is 1. The van der Waals surface area contributed by atoms with Gasteiger partial charge in [-0.1, -0.05) is 32.4 Å². The van der Waals surface area contributed by atoms with E-state index in [9.17, 15) is 14.4 Å². The molecule has 0 saturated carbocycles. The van der Waals surface area contributed by atoms with Gasteiger partial charge < -0.3 is 10.1 Å². The fourth-order valence-corrected chi connectivity index (χ4v) is 4.77. The van der Waals surface area contributed by atoms with Crippen molar-refractivity contribution in [3.8, 4) is 5.69 Å². The normalized spacial score (nSPS) is 17.2. The van der Waals surface area contributed by atoms with E-state index in [1.54, 1.807) is 37.8 Å². The highest BCUT2D eigenvalue weighted by Gasteiger charge is 2.38. The third-order valence-corrected chi connectivity index (χ3v) is 6.43. The molecule has 0 spiro atoms. The van der Waals surface area contributed by atoms with Crippen LogP contribution >= 0.6 is 11.6 Å². The van der Waals surface area contributed by atoms with E-state index < -0.39 is 29.7 Å². The second-order valence-electron chi connectivity index (χ2n) is 11.9. The van der Waals surface area contributed by atoms with Gasteiger partial charge in [0, 0.05) is 18.6 Å². The van der Waals surface area contributed by atoms with Crippen molar-refractivity contribution in [1.82, 2.24) is 29.9 Å². The van der Waals surface area contributed by atoms with Crippen molar-refractivity contribution in [3.63, 3.8) is 0 Å². The van der Waals surface area contributed by atoms with Crippen LogP contribution in [0.25, 0.3) is 5.69 Å². The molecule has 1 aliphatic rings. The largest absolute Gasteiger partial charge is 0.444 e. The molecule has 0 radical (unpaired) electrons. The number of carbonyl (C=O) groups excluding carboxylic acids is 3. The Labute approximate surface area is 229 Å². The Morgan fingerprint density at radius 3 is 2.53 bits per heavy atom. The molecule has 208 valence electrons. The molecule has 1 saturated heterocycles. The molecule has 1 fully saturated rings. The van der Waals surface area contributed by atoms with E-state index in [1.165, 1.54) is 13.4 Å². The molecular formula is C27H39ClN6O4. The molecule has 2 aromatic rings. The van der Waals surface area contributed by atoms with Crippen molar-refractivity contribution in [1.29, 1.82) is 0 Å². The molecule has 2 atom stereocenters. The van der Waals surface area contributed by atoms with Crippen molar-refractivity contribution in [2.45, 2.75) is 85.0 Å². The zero-order valence-electron chi connectivity index (χ0n) is 23.3. The van der Waals surface area contributed by atoms with Crippen LogP contribution in [0.2, 0.25) is 5.02 Å². The van der Waals surface area contributed by atoms with Crippen LogP contribution in [0.1, 0.15) is 66.4 Å². The minimum absolute atomic E-state index is 0.275. The Hall–Kier alpha value is -2.98. The molecule has 0 unspecified atom stereocenters. The molecular weight excluding hydrogens is 508 g/mol. The SMILES string of the molecule is CN(C(=O)[C@@H](CC(C)(C)C)NC(=O)OC(C)(C)C)C(=O)[C@@H]1CCCN1Cc1cc(Cl)ccc1-n1cncn1. The zero-order valence-corrected chi connectivity index (χ0v) is 24.1. The first-order chi connectivity index (χ1) is 17.6. The zero-order chi connectivity index (χ0) is 28.3. The molecule has 1 aliphatic heterocycles. The lowest BCUT2D eigenvalue weighted by Crippen LogP contribution is -2.54. The van der Waals surface area contributed by atoms with Crippen LogP contribution in [-0.4, -0.2) is 73.7 Å². The number of ether oxygens (including phenoxy) is 1. The van der Waals surface area contributed by atoms with Crippen LogP contribution in [0.15, 0.2) is 30.9 Å². The van der Waals surface area contributed by atoms with E-state index >= 15 is 0 Å². The van der Waals surface area contributed by atoms with Gasteiger partial charge in [0.05, 0.1) is 11.7 Å². The number of alkyl carbamates (subject to hydrolysis) is 1. The Morgan fingerprint density at radius 2 is 1.92 bits per heavy atom. The second kappa shape index (κ2) is 11.8. The van der Waals surface area contributed by atoms with Gasteiger partial charge in [-0.15, -0.1) is 0 Å². The van der Waals surface area contributed by atoms with E-state index in [4.69, 9.17) is 16.3 Å². The molecule has 2 heterocycles. The number of hydrogen-bond donors (Lipinski definition) is 1. The second-order valence-corrected chi connectivity index (χ2v) is 12.4. The summed E-state index contributed by atoms with van der Waals surface area (Å²) in [6, 6.07) is 4.13. The molecule has 0 aliphatic carbocycles. The number of rotatable bonds is 7. The van der Waals surface area contributed by atoms with Gasteiger partial charge in [-0.2, -0.15) is 5.10 Å². The summed E-state index contributed by atoms with van der Waals surface area (Å²) in [5, 5.41) is 7.50. The molecule has 10 nitrogen and oxygen atoms in total. The third-order valence-electron chi connectivity index (χ3n) is 6.20. The number of likely N-dealkylation sites (tertiary alicyclic amines) is 1. The van der Waals surface area contributed by atoms with E-state index in [0.717, 1.165) is 22.6 Å². The number of carbonyl (C=O) groups is 3. The van der Waals surface area contributed by atoms with Crippen LogP contribution < -0.4 is 5.32 Å². The Morgan fingerprint density at radius 1 is 1.21 bits per heavy atom. The molecule has 1 aromatic heterocycles. The number of amides is 3. The lowest BCUT2D eigenvalue weighted by Gasteiger charge is -2.32. The molecule has 11 heteroatoms. The fraction of sp³-hybridized carbons (Fsp3) is 0.593. The van der Waals surface area contributed by atoms with Crippen LogP contribution in [0.3, 0.4) is 0 Å². The summed E-state index contributed by atoms with van der Waals surface area (Å²) < 4.78 is 7.03. The maximum Gasteiger partial charge on any atom is 0.408 e. The first-order valence-electron chi connectivity index (χ1n) is 12.8. The number of nitrogens with zero attached hydrogens (tertiary/aromatic N) is 5. The van der Waals surface area contributed by atoms with Crippen molar-refractivity contribution >= 4 is 29.5 Å². The Kier molecular flexibility index (Phi) is 9.20. The van der Waals surface area contributed by atoms with E-state index in [0.29, 0.717) is 31.0 Å². The summed E-state index contributed by atoms with van der Waals surface area (Å²) in [5.41, 5.74) is 0.731. The van der Waals surface area contributed by atoms with Gasteiger partial charge in [0.2, 0.25) is 5.91 Å². The maximum absolute atomic E-state index is 13.6. The van der Waals surface area contributed by atoms with Gasteiger partial charge >= 0.3 is 6.09 Å². The van der Waals surface area contributed by atoms with E-state index in [2.05, 4.69) is 20.3 Å². The van der Waals surface area contributed by atoms with Crippen molar-refractivity contribution in [2.24, 2.45) is 5.41 Å². The van der Waals surface area contributed by atoms with Crippen molar-refractivity contribution in [3.05, 3.63) is 41.4 Å². The predicted octanol–water partition coefficient (Wildman–Crippen LogP) is 4.20. The van der Waals surface area contributed by atoms with Gasteiger partial charge in [0.1, 0.15) is 24.3 Å². The van der Waals surface area contributed by atoms with Gasteiger partial charge in [-0.3, -0.25) is 19.4 Å². The summed E-state index contributed by atoms with van der Waals surface area (Å²) >= 11 is 6.30. The molecule has 38 heavy (non-hydrogen) atoms. The standard InChI is InChI=1S/C27H39ClN6O4/c1-26(2,3)14-20(31-25(37)38-27(4,5)6)23(35)32(7)24(36)22-9-8-12-33(22)15-18-13-19(28)10-11-21(18)34-17-29-16-30-34/h10-11,13,16-17,20,22H,8-9,12,14-15H2,1-7H3,(H,31,37)/t20-,22+/m1/s1. The fourth-order valence-electron chi connectivity index (χ4n) is 4.58. The van der Waals surface area contributed by atoms with Gasteiger partial charge in [0.25, 0.3) is 5.91 Å². The summed E-state index contributed by atoms with van der Waals surface area (Å²) in [4.78, 5) is 46.9. The quantitative estimate of drug-likeness (QED) is 0.554. The summed E-state index contributed by atoms with van der Waals surface area (Å²) in [5.74, 6) is -0.768. The van der Waals surface area contributed by atoms with Crippen LogP contribution in [0.5, 0.6) is 0 Å². The number of aromatic nitrogens is 3. The number of benzene rings is 1. The first-order valence-corrected chi connectivity index (χ1v) is 13.2. The minimum atomic E-state index is -0.902. The van der Waals surface area contributed by atoms with Gasteiger partial charge in [-0.05, 0) is 75.8 Å². The number of imide groups is 1. The molecule has 3 rings (SSSR count). The topological polar surface area (TPSA) is 110 Å². The van der Waals surface area contributed by atoms with Crippen molar-refractivity contribution < 1.29 is 19.1 Å². The number of hydrogen-bond acceptors (Lipinski definition) is 7. The third kappa shape index (κ3) is 8.01. The molecule has 0 bridgehead atoms. The van der Waals surface area contributed by atoms with Crippen LogP contribution in [0.4, 0.5) is 4.79 Å². The smallest absolute Gasteiger partial charge is 0.408 e. The first kappa shape index (κ1) is 29.6. The maximum atomic E-state index is 13.6. The predicted molar refractivity (Wildman–Crippen MR) is 145 cm³/mol. The summed E-state index contributed by atoms with van der Waals surface area (Å²) in [7, 11) is 1.48. The lowest BCUT2D eigenvalue weighted by molar-refractivity contribution is -0.147. The highest BCUT2D eigenvalue weighted by Crippen LogP contribution is 2.27. The van der Waals surface area contributed by atoms with Crippen molar-refractivity contribution in [2.75, 3.05) is 13.6 Å². The van der Waals surface area contributed by atoms with Gasteiger partial charge in [0.15, 0.2) is 0 Å². The molecule has 1 aromatic carbocycles. The molecule has 1 N–H and O–H groups in total. The highest BCUT2D eigenvalue weighted by molar-refractivity contribution is 6.30. The monoisotopic (exact) mass is 546 g/mol. The number of likely N-dealkylation sites (N-methyl/N-ethyl adjacent to an activating group) is 1. The molecule has 3 amide bonds.